The summed E-state index contributed by atoms with van der Waals surface area (Å²) in [7, 11) is 0. The van der Waals surface area contributed by atoms with E-state index in [0.29, 0.717) is 5.92 Å². The van der Waals surface area contributed by atoms with Gasteiger partial charge in [-0.05, 0) is 37.9 Å². The summed E-state index contributed by atoms with van der Waals surface area (Å²) in [5.74, 6) is 3.11. The molecule has 0 aromatic carbocycles. The van der Waals surface area contributed by atoms with Gasteiger partial charge in [-0.3, -0.25) is 4.90 Å². The Morgan fingerprint density at radius 2 is 2.27 bits per heavy atom. The molecular formula is C16H23N5O. The largest absolute Gasteiger partial charge is 0.370 e. The Labute approximate surface area is 130 Å². The molecule has 1 atom stereocenters. The average Bonchev–Trinajstić information content (AvgIpc) is 3.15. The molecular weight excluding hydrogens is 278 g/mol. The van der Waals surface area contributed by atoms with Gasteiger partial charge in [0.05, 0.1) is 6.54 Å². The van der Waals surface area contributed by atoms with Crippen LogP contribution in [0.2, 0.25) is 0 Å². The van der Waals surface area contributed by atoms with Crippen molar-refractivity contribution >= 4 is 5.82 Å². The van der Waals surface area contributed by atoms with Crippen LogP contribution in [-0.2, 0) is 13.0 Å². The van der Waals surface area contributed by atoms with Crippen molar-refractivity contribution in [1.29, 1.82) is 0 Å². The van der Waals surface area contributed by atoms with E-state index >= 15 is 0 Å². The van der Waals surface area contributed by atoms with E-state index in [9.17, 15) is 0 Å². The molecule has 2 aromatic rings. The fourth-order valence-electron chi connectivity index (χ4n) is 2.80. The highest BCUT2D eigenvalue weighted by molar-refractivity contribution is 5.35. The molecule has 3 heterocycles. The van der Waals surface area contributed by atoms with Crippen molar-refractivity contribution in [3.05, 3.63) is 35.6 Å². The van der Waals surface area contributed by atoms with Crippen LogP contribution in [0.4, 0.5) is 5.82 Å². The van der Waals surface area contributed by atoms with Gasteiger partial charge in [0.25, 0.3) is 0 Å². The summed E-state index contributed by atoms with van der Waals surface area (Å²) in [5.41, 5.74) is 1.04. The van der Waals surface area contributed by atoms with Gasteiger partial charge in [-0.1, -0.05) is 18.1 Å². The minimum absolute atomic E-state index is 0.635. The van der Waals surface area contributed by atoms with Crippen molar-refractivity contribution in [2.75, 3.05) is 25.0 Å². The van der Waals surface area contributed by atoms with Crippen LogP contribution < -0.4 is 5.32 Å². The summed E-state index contributed by atoms with van der Waals surface area (Å²) in [6.45, 7) is 7.90. The third-order valence-corrected chi connectivity index (χ3v) is 4.02. The van der Waals surface area contributed by atoms with Crippen molar-refractivity contribution in [2.24, 2.45) is 5.92 Å². The molecule has 1 fully saturated rings. The first-order valence-corrected chi connectivity index (χ1v) is 7.94. The van der Waals surface area contributed by atoms with E-state index in [-0.39, 0.29) is 0 Å². The molecule has 1 N–H and O–H groups in total. The van der Waals surface area contributed by atoms with Gasteiger partial charge >= 0.3 is 0 Å². The fraction of sp³-hybridized carbons (Fsp3) is 0.562. The lowest BCUT2D eigenvalue weighted by Crippen LogP contribution is -2.23. The van der Waals surface area contributed by atoms with Crippen LogP contribution in [0.25, 0.3) is 0 Å². The number of hydrogen-bond acceptors (Lipinski definition) is 6. The van der Waals surface area contributed by atoms with E-state index in [0.717, 1.165) is 55.8 Å². The Bertz CT molecular complexity index is 612. The number of likely N-dealkylation sites (tertiary alicyclic amines) is 1. The number of nitrogens with one attached hydrogen (secondary N) is 1. The normalized spacial score (nSPS) is 18.7. The van der Waals surface area contributed by atoms with Crippen molar-refractivity contribution in [2.45, 2.75) is 33.2 Å². The van der Waals surface area contributed by atoms with Gasteiger partial charge < -0.3 is 9.84 Å². The molecule has 0 unspecified atom stereocenters. The molecule has 0 amide bonds. The number of aryl methyl sites for hydroxylation is 2. The zero-order valence-corrected chi connectivity index (χ0v) is 13.2. The van der Waals surface area contributed by atoms with Gasteiger partial charge in [0.1, 0.15) is 5.82 Å². The van der Waals surface area contributed by atoms with E-state index in [1.807, 2.05) is 32.0 Å². The highest BCUT2D eigenvalue weighted by Crippen LogP contribution is 2.19. The number of nitrogens with zero attached hydrogens (tertiary/aromatic N) is 4. The van der Waals surface area contributed by atoms with Crippen LogP contribution in [0.3, 0.4) is 0 Å². The molecule has 1 aliphatic rings. The highest BCUT2D eigenvalue weighted by atomic mass is 16.5. The number of anilines is 1. The number of hydrogen-bond donors (Lipinski definition) is 1. The Morgan fingerprint density at radius 3 is 3.05 bits per heavy atom. The highest BCUT2D eigenvalue weighted by Gasteiger charge is 2.23. The molecule has 1 aliphatic heterocycles. The van der Waals surface area contributed by atoms with Gasteiger partial charge in [0.2, 0.25) is 5.89 Å². The van der Waals surface area contributed by atoms with E-state index in [1.165, 1.54) is 6.42 Å². The summed E-state index contributed by atoms with van der Waals surface area (Å²) in [6, 6.07) is 6.06. The zero-order valence-electron chi connectivity index (χ0n) is 13.2. The van der Waals surface area contributed by atoms with E-state index in [1.54, 1.807) is 0 Å². The molecule has 118 valence electrons. The second-order valence-corrected chi connectivity index (χ2v) is 5.89. The van der Waals surface area contributed by atoms with Gasteiger partial charge in [0.15, 0.2) is 5.82 Å². The molecule has 1 saturated heterocycles. The van der Waals surface area contributed by atoms with Gasteiger partial charge in [-0.25, -0.2) is 4.98 Å². The van der Waals surface area contributed by atoms with Crippen LogP contribution in [-0.4, -0.2) is 39.7 Å². The molecule has 0 spiro atoms. The summed E-state index contributed by atoms with van der Waals surface area (Å²) in [5, 5.41) is 7.38. The number of aromatic nitrogens is 3. The number of pyridine rings is 1. The van der Waals surface area contributed by atoms with Gasteiger partial charge in [0, 0.05) is 25.2 Å². The predicted molar refractivity (Wildman–Crippen MR) is 84.5 cm³/mol. The molecule has 0 bridgehead atoms. The van der Waals surface area contributed by atoms with E-state index < -0.39 is 0 Å². The van der Waals surface area contributed by atoms with Gasteiger partial charge in [-0.2, -0.15) is 4.98 Å². The molecule has 0 radical (unpaired) electrons. The third kappa shape index (κ3) is 3.82. The first kappa shape index (κ1) is 15.0. The van der Waals surface area contributed by atoms with Crippen molar-refractivity contribution in [3.8, 4) is 0 Å². The van der Waals surface area contributed by atoms with E-state index in [4.69, 9.17) is 4.52 Å². The average molecular weight is 301 g/mol. The SMILES string of the molecule is CCc1noc(CN2CC[C@H](CNc3cccc(C)n3)C2)n1. The quantitative estimate of drug-likeness (QED) is 0.883. The Hall–Kier alpha value is -1.95. The summed E-state index contributed by atoms with van der Waals surface area (Å²) < 4.78 is 5.27. The minimum atomic E-state index is 0.635. The summed E-state index contributed by atoms with van der Waals surface area (Å²) >= 11 is 0. The summed E-state index contributed by atoms with van der Waals surface area (Å²) in [4.78, 5) is 11.2. The zero-order chi connectivity index (χ0) is 15.4. The van der Waals surface area contributed by atoms with Crippen LogP contribution in [0.1, 0.15) is 30.8 Å². The lowest BCUT2D eigenvalue weighted by atomic mass is 10.1. The number of rotatable bonds is 6. The van der Waals surface area contributed by atoms with Gasteiger partial charge in [-0.15, -0.1) is 0 Å². The fourth-order valence-corrected chi connectivity index (χ4v) is 2.80. The standard InChI is InChI=1S/C16H23N5O/c1-3-14-19-16(22-20-14)11-21-8-7-13(10-21)9-17-15-6-4-5-12(2)18-15/h4-6,13H,3,7-11H2,1-2H3,(H,17,18)/t13-/m1/s1. The molecule has 3 rings (SSSR count). The maximum Gasteiger partial charge on any atom is 0.240 e. The minimum Gasteiger partial charge on any atom is -0.370 e. The molecule has 0 saturated carbocycles. The van der Waals surface area contributed by atoms with Crippen LogP contribution >= 0.6 is 0 Å². The topological polar surface area (TPSA) is 67.1 Å². The first-order valence-electron chi connectivity index (χ1n) is 7.94. The van der Waals surface area contributed by atoms with Crippen molar-refractivity contribution < 1.29 is 4.52 Å². The van der Waals surface area contributed by atoms with Crippen LogP contribution in [0.5, 0.6) is 0 Å². The van der Waals surface area contributed by atoms with Crippen LogP contribution in [0, 0.1) is 12.8 Å². The predicted octanol–water partition coefficient (Wildman–Crippen LogP) is 2.27. The molecule has 22 heavy (non-hydrogen) atoms. The lowest BCUT2D eigenvalue weighted by molar-refractivity contribution is 0.261. The smallest absolute Gasteiger partial charge is 0.240 e. The second-order valence-electron chi connectivity index (χ2n) is 5.89. The Balaban J connectivity index is 1.46. The first-order chi connectivity index (χ1) is 10.7. The Morgan fingerprint density at radius 1 is 1.36 bits per heavy atom. The maximum absolute atomic E-state index is 5.27. The molecule has 0 aliphatic carbocycles. The molecule has 6 nitrogen and oxygen atoms in total. The van der Waals surface area contributed by atoms with Crippen molar-refractivity contribution in [1.82, 2.24) is 20.0 Å². The monoisotopic (exact) mass is 301 g/mol. The lowest BCUT2D eigenvalue weighted by Gasteiger charge is -2.14. The summed E-state index contributed by atoms with van der Waals surface area (Å²) in [6.07, 6.45) is 2.01. The van der Waals surface area contributed by atoms with Crippen molar-refractivity contribution in [3.63, 3.8) is 0 Å². The van der Waals surface area contributed by atoms with E-state index in [2.05, 4.69) is 25.3 Å². The Kier molecular flexibility index (Phi) is 4.68. The molecule has 6 heteroatoms. The second kappa shape index (κ2) is 6.87. The third-order valence-electron chi connectivity index (χ3n) is 4.02. The maximum atomic E-state index is 5.27. The van der Waals surface area contributed by atoms with Crippen LogP contribution in [0.15, 0.2) is 22.7 Å². The molecule has 2 aromatic heterocycles.